The topological polar surface area (TPSA) is 92.3 Å². The van der Waals surface area contributed by atoms with E-state index in [4.69, 9.17) is 35.3 Å². The Kier molecular flexibility index (Phi) is 8.30. The van der Waals surface area contributed by atoms with Gasteiger partial charge in [-0.1, -0.05) is 60.1 Å². The normalized spacial score (nSPS) is 23.1. The van der Waals surface area contributed by atoms with Crippen LogP contribution in [0.5, 0.6) is 5.75 Å². The van der Waals surface area contributed by atoms with Crippen LogP contribution in [0, 0.1) is 0 Å². The molecule has 0 aromatic heterocycles. The van der Waals surface area contributed by atoms with Crippen molar-refractivity contribution in [1.29, 1.82) is 0 Å². The molecule has 1 amide bonds. The van der Waals surface area contributed by atoms with Gasteiger partial charge in [0.1, 0.15) is 11.9 Å². The lowest BCUT2D eigenvalue weighted by atomic mass is 9.89. The van der Waals surface area contributed by atoms with Crippen LogP contribution in [-0.4, -0.2) is 55.9 Å². The van der Waals surface area contributed by atoms with Crippen molar-refractivity contribution in [2.45, 2.75) is 56.9 Å². The molecule has 8 nitrogen and oxygen atoms in total. The summed E-state index contributed by atoms with van der Waals surface area (Å²) in [6.07, 6.45) is -2.26. The zero-order chi connectivity index (χ0) is 28.3. The molecule has 5 rings (SSSR count). The van der Waals surface area contributed by atoms with Gasteiger partial charge in [-0.05, 0) is 62.1 Å². The lowest BCUT2D eigenvalue weighted by Crippen LogP contribution is -2.62. The fourth-order valence-corrected chi connectivity index (χ4v) is 5.47. The Hall–Kier alpha value is -3.59. The molecule has 0 bridgehead atoms. The molecule has 3 aromatic carbocycles. The number of methoxy groups -OCH3 is 1. The van der Waals surface area contributed by atoms with Crippen LogP contribution in [0.3, 0.4) is 0 Å². The Morgan fingerprint density at radius 2 is 1.70 bits per heavy atom. The average molecular weight is 566 g/mol. The highest BCUT2D eigenvalue weighted by molar-refractivity contribution is 6.33. The summed E-state index contributed by atoms with van der Waals surface area (Å²) in [5.74, 6) is 0.106. The number of benzene rings is 3. The predicted octanol–water partition coefficient (Wildman–Crippen LogP) is 5.80. The van der Waals surface area contributed by atoms with Crippen LogP contribution in [0.1, 0.15) is 36.2 Å². The van der Waals surface area contributed by atoms with Gasteiger partial charge in [0.05, 0.1) is 11.2 Å². The standard InChI is InChI=1S/C31H32ClNO7/c1-31(2)27(36-3)25-26(39-30(35)38-25)29(40-31)37-20-15-16-21(22-13-7-8-14-24(22)32)23(18-20)28(34)33-17-9-12-19-10-5-4-6-11-19/h4-8,10-11,13-16,18,25-27,29H,9,12,17H2,1-3H3,(H,33,34)/t25-,26+,27+,29+/m0/s1. The molecule has 0 radical (unpaired) electrons. The monoisotopic (exact) mass is 565 g/mol. The maximum atomic E-state index is 13.5. The smallest absolute Gasteiger partial charge is 0.461 e. The average Bonchev–Trinajstić information content (AvgIpc) is 3.33. The van der Waals surface area contributed by atoms with Crippen LogP contribution in [0.25, 0.3) is 11.1 Å². The number of hydrogen-bond donors (Lipinski definition) is 1. The largest absolute Gasteiger partial charge is 0.509 e. The number of aryl methyl sites for hydroxylation is 1. The summed E-state index contributed by atoms with van der Waals surface area (Å²) in [6.45, 7) is 4.15. The van der Waals surface area contributed by atoms with Gasteiger partial charge in [-0.2, -0.15) is 0 Å². The number of amides is 1. The summed E-state index contributed by atoms with van der Waals surface area (Å²) in [4.78, 5) is 25.5. The van der Waals surface area contributed by atoms with Crippen LogP contribution in [0.4, 0.5) is 4.79 Å². The number of hydrogen-bond acceptors (Lipinski definition) is 7. The number of halogens is 1. The molecule has 4 atom stereocenters. The second-order valence-corrected chi connectivity index (χ2v) is 10.7. The zero-order valence-electron chi connectivity index (χ0n) is 22.6. The maximum absolute atomic E-state index is 13.5. The third-order valence-electron chi connectivity index (χ3n) is 7.14. The minimum atomic E-state index is -0.981. The van der Waals surface area contributed by atoms with E-state index in [0.717, 1.165) is 18.4 Å². The maximum Gasteiger partial charge on any atom is 0.509 e. The van der Waals surface area contributed by atoms with Crippen molar-refractivity contribution < 1.29 is 33.3 Å². The van der Waals surface area contributed by atoms with Gasteiger partial charge in [0, 0.05) is 24.2 Å². The molecule has 9 heteroatoms. The fourth-order valence-electron chi connectivity index (χ4n) is 5.23. The Morgan fingerprint density at radius 3 is 2.45 bits per heavy atom. The highest BCUT2D eigenvalue weighted by Gasteiger charge is 2.58. The van der Waals surface area contributed by atoms with Crippen molar-refractivity contribution in [1.82, 2.24) is 5.32 Å². The second kappa shape index (κ2) is 11.9. The third-order valence-corrected chi connectivity index (χ3v) is 7.47. The van der Waals surface area contributed by atoms with Gasteiger partial charge >= 0.3 is 6.16 Å². The van der Waals surface area contributed by atoms with Crippen LogP contribution < -0.4 is 10.1 Å². The minimum absolute atomic E-state index is 0.258. The van der Waals surface area contributed by atoms with Crippen molar-refractivity contribution in [3.63, 3.8) is 0 Å². The van der Waals surface area contributed by atoms with Gasteiger partial charge in [-0.3, -0.25) is 4.79 Å². The number of fused-ring (bicyclic) bond motifs is 1. The predicted molar refractivity (Wildman–Crippen MR) is 150 cm³/mol. The van der Waals surface area contributed by atoms with Gasteiger partial charge in [0.2, 0.25) is 12.4 Å². The van der Waals surface area contributed by atoms with E-state index in [9.17, 15) is 9.59 Å². The first-order chi connectivity index (χ1) is 19.3. The van der Waals surface area contributed by atoms with Crippen molar-refractivity contribution in [3.05, 3.63) is 88.9 Å². The number of rotatable bonds is 9. The van der Waals surface area contributed by atoms with E-state index in [1.54, 1.807) is 24.3 Å². The second-order valence-electron chi connectivity index (χ2n) is 10.3. The molecule has 2 aliphatic rings. The summed E-state index contributed by atoms with van der Waals surface area (Å²) in [5, 5.41) is 3.55. The van der Waals surface area contributed by atoms with Crippen LogP contribution in [0.15, 0.2) is 72.8 Å². The molecule has 1 N–H and O–H groups in total. The van der Waals surface area contributed by atoms with Crippen LogP contribution in [0.2, 0.25) is 5.02 Å². The van der Waals surface area contributed by atoms with E-state index in [1.807, 2.05) is 50.2 Å². The van der Waals surface area contributed by atoms with Gasteiger partial charge in [-0.25, -0.2) is 4.79 Å². The highest BCUT2D eigenvalue weighted by Crippen LogP contribution is 2.39. The van der Waals surface area contributed by atoms with Gasteiger partial charge in [-0.15, -0.1) is 0 Å². The molecule has 2 saturated heterocycles. The first-order valence-electron chi connectivity index (χ1n) is 13.2. The molecular weight excluding hydrogens is 534 g/mol. The van der Waals surface area contributed by atoms with Gasteiger partial charge in [0.15, 0.2) is 6.10 Å². The van der Waals surface area contributed by atoms with Gasteiger partial charge < -0.3 is 29.0 Å². The van der Waals surface area contributed by atoms with Crippen molar-refractivity contribution in [3.8, 4) is 16.9 Å². The Balaban J connectivity index is 1.38. The first kappa shape index (κ1) is 28.0. The summed E-state index contributed by atoms with van der Waals surface area (Å²) in [7, 11) is 1.53. The summed E-state index contributed by atoms with van der Waals surface area (Å²) in [5.41, 5.74) is 2.15. The molecular formula is C31H32ClNO7. The van der Waals surface area contributed by atoms with E-state index >= 15 is 0 Å². The molecule has 3 aromatic rings. The molecule has 210 valence electrons. The highest BCUT2D eigenvalue weighted by atomic mass is 35.5. The van der Waals surface area contributed by atoms with Crippen molar-refractivity contribution >= 4 is 23.7 Å². The number of ether oxygens (including phenoxy) is 5. The summed E-state index contributed by atoms with van der Waals surface area (Å²) < 4.78 is 28.7. The Bertz CT molecular complexity index is 1360. The van der Waals surface area contributed by atoms with Crippen LogP contribution in [-0.2, 0) is 25.4 Å². The fraction of sp³-hybridized carbons (Fsp3) is 0.355. The van der Waals surface area contributed by atoms with E-state index < -0.39 is 36.4 Å². The molecule has 2 aliphatic heterocycles. The molecule has 40 heavy (non-hydrogen) atoms. The minimum Gasteiger partial charge on any atom is -0.461 e. The van der Waals surface area contributed by atoms with E-state index in [1.165, 1.54) is 12.7 Å². The Morgan fingerprint density at radius 1 is 0.975 bits per heavy atom. The van der Waals surface area contributed by atoms with Crippen molar-refractivity contribution in [2.75, 3.05) is 13.7 Å². The molecule has 2 fully saturated rings. The molecule has 0 spiro atoms. The molecule has 0 unspecified atom stereocenters. The third kappa shape index (κ3) is 5.94. The van der Waals surface area contributed by atoms with E-state index in [0.29, 0.717) is 28.4 Å². The summed E-state index contributed by atoms with van der Waals surface area (Å²) >= 11 is 6.50. The van der Waals surface area contributed by atoms with E-state index in [2.05, 4.69) is 17.4 Å². The van der Waals surface area contributed by atoms with Crippen molar-refractivity contribution in [2.24, 2.45) is 0 Å². The van der Waals surface area contributed by atoms with E-state index in [-0.39, 0.29) is 5.91 Å². The SMILES string of the molecule is CO[C@@H]1[C@H]2OC(=O)O[C@H]2[C@H](Oc2ccc(-c3ccccc3Cl)c(C(=O)NCCCc3ccccc3)c2)OC1(C)C. The summed E-state index contributed by atoms with van der Waals surface area (Å²) in [6, 6.07) is 22.6. The quantitative estimate of drug-likeness (QED) is 0.259. The lowest BCUT2D eigenvalue weighted by Gasteiger charge is -2.45. The lowest BCUT2D eigenvalue weighted by molar-refractivity contribution is -0.282. The molecule has 0 aliphatic carbocycles. The number of carbonyl (C=O) groups is 2. The zero-order valence-corrected chi connectivity index (χ0v) is 23.4. The molecule has 0 saturated carbocycles. The first-order valence-corrected chi connectivity index (χ1v) is 13.6. The van der Waals surface area contributed by atoms with Crippen LogP contribution >= 0.6 is 11.6 Å². The molecule has 2 heterocycles. The van der Waals surface area contributed by atoms with Gasteiger partial charge in [0.25, 0.3) is 5.91 Å². The number of nitrogens with one attached hydrogen (secondary N) is 1. The number of carbonyl (C=O) groups excluding carboxylic acids is 2. The Labute approximate surface area is 238 Å².